The summed E-state index contributed by atoms with van der Waals surface area (Å²) in [5, 5.41) is 11.9. The number of halogens is 4. The molecule has 11 heteroatoms. The molecule has 1 aliphatic rings. The second-order valence-electron chi connectivity index (χ2n) is 9.01. The van der Waals surface area contributed by atoms with Gasteiger partial charge >= 0.3 is 12.6 Å². The first kappa shape index (κ1) is 27.7. The van der Waals surface area contributed by atoms with Crippen LogP contribution in [0.2, 0.25) is 10.0 Å². The zero-order valence-electron chi connectivity index (χ0n) is 20.2. The summed E-state index contributed by atoms with van der Waals surface area (Å²) in [6.45, 7) is -2.69. The number of ether oxygens (including phenoxy) is 3. The van der Waals surface area contributed by atoms with Crippen molar-refractivity contribution >= 4 is 34.9 Å². The normalized spacial score (nSPS) is 13.8. The smallest absolute Gasteiger partial charge is 0.387 e. The summed E-state index contributed by atoms with van der Waals surface area (Å²) in [6, 6.07) is 11.6. The van der Waals surface area contributed by atoms with Crippen molar-refractivity contribution in [1.29, 1.82) is 0 Å². The number of benzene rings is 2. The summed E-state index contributed by atoms with van der Waals surface area (Å²) in [5.41, 5.74) is 8.19. The molecule has 0 saturated heterocycles. The topological polar surface area (TPSA) is 97.7 Å². The minimum Gasteiger partial charge on any atom is -0.619 e. The number of nitrogens with zero attached hydrogens (tertiary/aromatic N) is 1. The SMILES string of the molecule is Nc1ccccc1CCC(=O)O[C@@H](Cc1c(Cl)c[n+]([O-])cc1Cl)c1ccc(OC(F)F)c(OCC2CC2)c1. The molecule has 3 aromatic rings. The van der Waals surface area contributed by atoms with Crippen molar-refractivity contribution in [3.63, 3.8) is 0 Å². The van der Waals surface area contributed by atoms with Gasteiger partial charge < -0.3 is 25.2 Å². The highest BCUT2D eigenvalue weighted by Gasteiger charge is 2.26. The first-order valence-electron chi connectivity index (χ1n) is 12.0. The van der Waals surface area contributed by atoms with Crippen LogP contribution in [0.25, 0.3) is 0 Å². The molecule has 202 valence electrons. The van der Waals surface area contributed by atoms with E-state index in [0.29, 0.717) is 40.5 Å². The van der Waals surface area contributed by atoms with Crippen LogP contribution in [0.1, 0.15) is 42.1 Å². The van der Waals surface area contributed by atoms with E-state index in [1.54, 1.807) is 12.1 Å². The molecular weight excluding hydrogens is 541 g/mol. The van der Waals surface area contributed by atoms with Gasteiger partial charge in [0.25, 0.3) is 0 Å². The van der Waals surface area contributed by atoms with Gasteiger partial charge in [-0.25, -0.2) is 0 Å². The van der Waals surface area contributed by atoms with E-state index in [0.717, 1.165) is 30.8 Å². The van der Waals surface area contributed by atoms with E-state index >= 15 is 0 Å². The maximum Gasteiger partial charge on any atom is 0.387 e. The van der Waals surface area contributed by atoms with Gasteiger partial charge in [0, 0.05) is 24.1 Å². The number of aryl methyl sites for hydroxylation is 1. The van der Waals surface area contributed by atoms with Crippen molar-refractivity contribution in [3.8, 4) is 11.5 Å². The molecule has 2 N–H and O–H groups in total. The number of anilines is 1. The van der Waals surface area contributed by atoms with E-state index in [4.69, 9.17) is 38.4 Å². The Balaban J connectivity index is 1.60. The summed E-state index contributed by atoms with van der Waals surface area (Å²) in [6.07, 6.45) is 3.79. The molecule has 1 aliphatic carbocycles. The van der Waals surface area contributed by atoms with Crippen LogP contribution in [0.4, 0.5) is 14.5 Å². The van der Waals surface area contributed by atoms with Crippen LogP contribution in [0.15, 0.2) is 54.9 Å². The lowest BCUT2D eigenvalue weighted by Crippen LogP contribution is -2.25. The number of hydrogen-bond acceptors (Lipinski definition) is 6. The Morgan fingerprint density at radius 3 is 2.47 bits per heavy atom. The second kappa shape index (κ2) is 12.5. The van der Waals surface area contributed by atoms with Crippen LogP contribution in [-0.2, 0) is 22.4 Å². The maximum absolute atomic E-state index is 13.0. The average molecular weight is 567 g/mol. The number of esters is 1. The molecule has 1 saturated carbocycles. The van der Waals surface area contributed by atoms with Crippen molar-refractivity contribution in [3.05, 3.63) is 86.8 Å². The maximum atomic E-state index is 13.0. The van der Waals surface area contributed by atoms with Crippen LogP contribution in [0.5, 0.6) is 11.5 Å². The minimum absolute atomic E-state index is 0.0227. The lowest BCUT2D eigenvalue weighted by Gasteiger charge is -2.21. The van der Waals surface area contributed by atoms with Crippen LogP contribution in [-0.4, -0.2) is 19.2 Å². The summed E-state index contributed by atoms with van der Waals surface area (Å²) in [5.74, 6) is -0.181. The van der Waals surface area contributed by atoms with Gasteiger partial charge in [0.05, 0.1) is 6.61 Å². The molecule has 2 aromatic carbocycles. The highest BCUT2D eigenvalue weighted by molar-refractivity contribution is 6.35. The van der Waals surface area contributed by atoms with Gasteiger partial charge in [0.15, 0.2) is 23.9 Å². The highest BCUT2D eigenvalue weighted by atomic mass is 35.5. The Bertz CT molecular complexity index is 1270. The minimum atomic E-state index is -3.04. The van der Waals surface area contributed by atoms with E-state index in [1.165, 1.54) is 18.2 Å². The molecule has 0 aliphatic heterocycles. The monoisotopic (exact) mass is 566 g/mol. The van der Waals surface area contributed by atoms with Crippen LogP contribution in [0.3, 0.4) is 0 Å². The van der Waals surface area contributed by atoms with Gasteiger partial charge in [-0.2, -0.15) is 13.5 Å². The number of pyridine rings is 1. The van der Waals surface area contributed by atoms with Gasteiger partial charge in [0.2, 0.25) is 0 Å². The summed E-state index contributed by atoms with van der Waals surface area (Å²) in [4.78, 5) is 12.9. The fraction of sp³-hybridized carbons (Fsp3) is 0.333. The summed E-state index contributed by atoms with van der Waals surface area (Å²) >= 11 is 12.6. The highest BCUT2D eigenvalue weighted by Crippen LogP contribution is 2.38. The number of hydrogen-bond donors (Lipinski definition) is 1. The van der Waals surface area contributed by atoms with Gasteiger partial charge in [-0.05, 0) is 54.5 Å². The lowest BCUT2D eigenvalue weighted by molar-refractivity contribution is -0.605. The predicted octanol–water partition coefficient (Wildman–Crippen LogP) is 6.06. The van der Waals surface area contributed by atoms with E-state index in [2.05, 4.69) is 4.74 Å². The van der Waals surface area contributed by atoms with Gasteiger partial charge in [0.1, 0.15) is 16.1 Å². The van der Waals surface area contributed by atoms with Gasteiger partial charge in [-0.1, -0.05) is 47.5 Å². The van der Waals surface area contributed by atoms with E-state index < -0.39 is 18.7 Å². The number of para-hydroxylation sites is 1. The number of alkyl halides is 2. The van der Waals surface area contributed by atoms with E-state index in [1.807, 2.05) is 12.1 Å². The molecule has 1 atom stereocenters. The van der Waals surface area contributed by atoms with Crippen molar-refractivity contribution in [2.24, 2.45) is 5.92 Å². The van der Waals surface area contributed by atoms with Crippen molar-refractivity contribution in [1.82, 2.24) is 0 Å². The molecular formula is C27H26Cl2F2N2O5. The number of rotatable bonds is 12. The largest absolute Gasteiger partial charge is 0.619 e. The Hall–Kier alpha value is -3.30. The van der Waals surface area contributed by atoms with E-state index in [-0.39, 0.29) is 34.4 Å². The molecule has 0 spiro atoms. The molecule has 38 heavy (non-hydrogen) atoms. The molecule has 1 fully saturated rings. The summed E-state index contributed by atoms with van der Waals surface area (Å²) in [7, 11) is 0. The second-order valence-corrected chi connectivity index (χ2v) is 9.83. The lowest BCUT2D eigenvalue weighted by atomic mass is 10.0. The zero-order valence-corrected chi connectivity index (χ0v) is 21.8. The molecule has 4 rings (SSSR count). The number of aromatic nitrogens is 1. The Kier molecular flexibility index (Phi) is 9.12. The van der Waals surface area contributed by atoms with Crippen LogP contribution < -0.4 is 19.9 Å². The predicted molar refractivity (Wildman–Crippen MR) is 138 cm³/mol. The third-order valence-corrected chi connectivity index (χ3v) is 6.75. The Labute approximate surface area is 228 Å². The Morgan fingerprint density at radius 1 is 1.11 bits per heavy atom. The third-order valence-electron chi connectivity index (χ3n) is 6.10. The number of nitrogen functional groups attached to an aromatic ring is 1. The molecule has 0 bridgehead atoms. The standard InChI is InChI=1S/C27H26Cl2F2N2O5/c28-20-13-33(35)14-21(29)19(20)12-24(37-26(34)10-8-17-3-1-2-4-22(17)32)18-7-9-23(38-27(30)31)25(11-18)36-15-16-5-6-16/h1-4,7,9,11,13-14,16,24,27H,5-6,8,10,12,15,32H2/t24-/m0/s1. The molecule has 0 radical (unpaired) electrons. The zero-order chi connectivity index (χ0) is 27.2. The summed E-state index contributed by atoms with van der Waals surface area (Å²) < 4.78 is 42.7. The molecule has 1 heterocycles. The fourth-order valence-corrected chi connectivity index (χ4v) is 4.48. The van der Waals surface area contributed by atoms with Gasteiger partial charge in [-0.3, -0.25) is 4.79 Å². The number of nitrogens with two attached hydrogens (primary N) is 1. The first-order valence-corrected chi connectivity index (χ1v) is 12.8. The van der Waals surface area contributed by atoms with Crippen molar-refractivity contribution < 1.29 is 32.5 Å². The molecule has 0 amide bonds. The number of carbonyl (C=O) groups excluding carboxylic acids is 1. The molecule has 7 nitrogen and oxygen atoms in total. The fourth-order valence-electron chi connectivity index (χ4n) is 3.88. The molecule has 1 aromatic heterocycles. The van der Waals surface area contributed by atoms with Crippen LogP contribution >= 0.6 is 23.2 Å². The van der Waals surface area contributed by atoms with Crippen LogP contribution in [0, 0.1) is 11.1 Å². The third kappa shape index (κ3) is 7.61. The van der Waals surface area contributed by atoms with Crippen molar-refractivity contribution in [2.75, 3.05) is 12.3 Å². The molecule has 0 unspecified atom stereocenters. The number of carbonyl (C=O) groups is 1. The average Bonchev–Trinajstić information content (AvgIpc) is 3.68. The van der Waals surface area contributed by atoms with Crippen molar-refractivity contribution in [2.45, 2.75) is 44.8 Å². The quantitative estimate of drug-likeness (QED) is 0.124. The first-order chi connectivity index (χ1) is 18.2. The van der Waals surface area contributed by atoms with Gasteiger partial charge in [-0.15, -0.1) is 0 Å². The van der Waals surface area contributed by atoms with E-state index in [9.17, 15) is 18.8 Å². The Morgan fingerprint density at radius 2 is 1.82 bits per heavy atom.